The number of benzene rings is 4. The maximum absolute atomic E-state index is 13.6. The Balaban J connectivity index is 1.66. The molecule has 0 saturated carbocycles. The summed E-state index contributed by atoms with van der Waals surface area (Å²) in [4.78, 5) is 0. The summed E-state index contributed by atoms with van der Waals surface area (Å²) >= 11 is 0. The zero-order chi connectivity index (χ0) is 34.5. The van der Waals surface area contributed by atoms with E-state index < -0.39 is 36.9 Å². The van der Waals surface area contributed by atoms with Gasteiger partial charge in [-0.05, 0) is 59.7 Å². The number of phosphoric ester groups is 3. The second-order valence-electron chi connectivity index (χ2n) is 9.13. The molecule has 0 aliphatic carbocycles. The Morgan fingerprint density at radius 1 is 0.479 bits per heavy atom. The Bertz CT molecular complexity index is 1690. The highest BCUT2D eigenvalue weighted by Crippen LogP contribution is 2.53. The van der Waals surface area contributed by atoms with Crippen molar-refractivity contribution in [1.29, 1.82) is 0 Å². The van der Waals surface area contributed by atoms with E-state index in [9.17, 15) is 13.7 Å². The van der Waals surface area contributed by atoms with Crippen LogP contribution < -0.4 is 39.8 Å². The van der Waals surface area contributed by atoms with Gasteiger partial charge in [0, 0.05) is 13.2 Å². The standard InChI is InChI=1S/C30H34N3O12P3/c1-37-46(34,38-21-31)41-28-16-14-24(15-17-28)12-13-25-18-29(44-47(35,39-22-32)42-26-8-4-2-5-9-26)20-30(19-25)45-48(36,40-23-33)43-27-10-6-3-7-11-27/h2-20H,21-23,31-33H2,1H3/b13-12+. The Kier molecular flexibility index (Phi) is 13.4. The summed E-state index contributed by atoms with van der Waals surface area (Å²) in [6.45, 7) is -1.34. The van der Waals surface area contributed by atoms with E-state index in [-0.39, 0.29) is 35.5 Å². The van der Waals surface area contributed by atoms with Gasteiger partial charge in [0.15, 0.2) is 0 Å². The highest BCUT2D eigenvalue weighted by atomic mass is 31.2. The average Bonchev–Trinajstić information content (AvgIpc) is 3.05. The van der Waals surface area contributed by atoms with Crippen LogP contribution >= 0.6 is 23.5 Å². The van der Waals surface area contributed by atoms with Crippen molar-refractivity contribution < 1.29 is 54.4 Å². The first kappa shape index (κ1) is 36.9. The smallest absolute Gasteiger partial charge is 0.404 e. The molecule has 0 spiro atoms. The van der Waals surface area contributed by atoms with Gasteiger partial charge in [0.2, 0.25) is 0 Å². The van der Waals surface area contributed by atoms with E-state index in [2.05, 4.69) is 0 Å². The Labute approximate surface area is 277 Å². The summed E-state index contributed by atoms with van der Waals surface area (Å²) in [5, 5.41) is 0. The molecule has 4 aromatic rings. The van der Waals surface area contributed by atoms with Crippen molar-refractivity contribution in [2.24, 2.45) is 17.2 Å². The Morgan fingerprint density at radius 2 is 0.854 bits per heavy atom. The quantitative estimate of drug-likeness (QED) is 0.0509. The zero-order valence-electron chi connectivity index (χ0n) is 25.6. The summed E-state index contributed by atoms with van der Waals surface area (Å²) in [5.74, 6) is 0.460. The van der Waals surface area contributed by atoms with Crippen LogP contribution in [0.5, 0.6) is 28.7 Å². The van der Waals surface area contributed by atoms with Crippen molar-refractivity contribution >= 4 is 35.6 Å². The molecule has 15 nitrogen and oxygen atoms in total. The molecule has 0 aliphatic heterocycles. The lowest BCUT2D eigenvalue weighted by molar-refractivity contribution is 0.183. The van der Waals surface area contributed by atoms with Crippen molar-refractivity contribution in [1.82, 2.24) is 0 Å². The fraction of sp³-hybridized carbons (Fsp3) is 0.133. The topological polar surface area (TPSA) is 212 Å². The molecule has 4 aromatic carbocycles. The monoisotopic (exact) mass is 721 g/mol. The van der Waals surface area contributed by atoms with E-state index >= 15 is 0 Å². The van der Waals surface area contributed by atoms with Crippen LogP contribution in [0.25, 0.3) is 12.2 Å². The molecule has 0 saturated heterocycles. The van der Waals surface area contributed by atoms with Crippen molar-refractivity contribution in [2.45, 2.75) is 0 Å². The second kappa shape index (κ2) is 17.4. The molecular weight excluding hydrogens is 687 g/mol. The molecule has 0 amide bonds. The minimum atomic E-state index is -4.35. The van der Waals surface area contributed by atoms with Gasteiger partial charge >= 0.3 is 23.5 Å². The summed E-state index contributed by atoms with van der Waals surface area (Å²) in [6, 6.07) is 27.1. The molecule has 18 heteroatoms. The third-order valence-electron chi connectivity index (χ3n) is 5.74. The second-order valence-corrected chi connectivity index (χ2v) is 13.9. The SMILES string of the molecule is COP(=O)(OCN)Oc1ccc(/C=C/c2cc(OP(=O)(OCN)Oc3ccccc3)cc(OP(=O)(OCN)Oc3ccccc3)c2)cc1. The lowest BCUT2D eigenvalue weighted by Gasteiger charge is -2.20. The lowest BCUT2D eigenvalue weighted by atomic mass is 10.1. The maximum Gasteiger partial charge on any atom is 0.588 e. The fourth-order valence-corrected chi connectivity index (χ4v) is 6.70. The number of hydrogen-bond acceptors (Lipinski definition) is 15. The molecule has 3 unspecified atom stereocenters. The Morgan fingerprint density at radius 3 is 1.29 bits per heavy atom. The van der Waals surface area contributed by atoms with Crippen LogP contribution in [-0.2, 0) is 31.8 Å². The Hall–Kier alpha value is -3.97. The van der Waals surface area contributed by atoms with Crippen molar-refractivity contribution in [3.05, 3.63) is 114 Å². The number of rotatable bonds is 19. The first-order valence-corrected chi connectivity index (χ1v) is 18.4. The van der Waals surface area contributed by atoms with Crippen molar-refractivity contribution in [3.8, 4) is 28.7 Å². The molecule has 0 radical (unpaired) electrons. The van der Waals surface area contributed by atoms with Gasteiger partial charge in [-0.1, -0.05) is 60.7 Å². The molecule has 6 N–H and O–H groups in total. The zero-order valence-corrected chi connectivity index (χ0v) is 28.2. The third-order valence-corrected chi connectivity index (χ3v) is 9.76. The summed E-state index contributed by atoms with van der Waals surface area (Å²) < 4.78 is 87.5. The van der Waals surface area contributed by atoms with Gasteiger partial charge in [0.05, 0.1) is 0 Å². The van der Waals surface area contributed by atoms with Crippen LogP contribution in [0.4, 0.5) is 0 Å². The van der Waals surface area contributed by atoms with E-state index in [1.54, 1.807) is 97.1 Å². The van der Waals surface area contributed by atoms with Crippen LogP contribution in [0.1, 0.15) is 11.1 Å². The van der Waals surface area contributed by atoms with Gasteiger partial charge in [0.1, 0.15) is 48.9 Å². The first-order chi connectivity index (χ1) is 23.1. The largest absolute Gasteiger partial charge is 0.588 e. The van der Waals surface area contributed by atoms with Gasteiger partial charge in [-0.2, -0.15) is 0 Å². The molecule has 256 valence electrons. The molecule has 0 aromatic heterocycles. The van der Waals surface area contributed by atoms with Crippen LogP contribution in [0.2, 0.25) is 0 Å². The van der Waals surface area contributed by atoms with Crippen molar-refractivity contribution in [2.75, 3.05) is 27.3 Å². The van der Waals surface area contributed by atoms with E-state index in [1.807, 2.05) is 0 Å². The lowest BCUT2D eigenvalue weighted by Crippen LogP contribution is -2.11. The molecular formula is C30H34N3O12P3. The van der Waals surface area contributed by atoms with E-state index in [4.69, 9.17) is 57.9 Å². The van der Waals surface area contributed by atoms with Crippen LogP contribution in [0.3, 0.4) is 0 Å². The van der Waals surface area contributed by atoms with Gasteiger partial charge in [0.25, 0.3) is 0 Å². The van der Waals surface area contributed by atoms with Gasteiger partial charge < -0.3 is 39.8 Å². The van der Waals surface area contributed by atoms with Crippen LogP contribution in [0, 0.1) is 0 Å². The molecule has 48 heavy (non-hydrogen) atoms. The van der Waals surface area contributed by atoms with Gasteiger partial charge in [-0.15, -0.1) is 0 Å². The molecule has 0 bridgehead atoms. The normalized spacial score (nSPS) is 15.1. The number of phosphoric acid groups is 3. The van der Waals surface area contributed by atoms with Crippen molar-refractivity contribution in [3.63, 3.8) is 0 Å². The van der Waals surface area contributed by atoms with Crippen LogP contribution in [0.15, 0.2) is 103 Å². The highest BCUT2D eigenvalue weighted by molar-refractivity contribution is 7.49. The van der Waals surface area contributed by atoms with E-state index in [1.165, 1.54) is 25.3 Å². The minimum Gasteiger partial charge on any atom is -0.404 e. The van der Waals surface area contributed by atoms with Gasteiger partial charge in [-0.25, -0.2) is 13.7 Å². The maximum atomic E-state index is 13.6. The number of para-hydroxylation sites is 2. The molecule has 0 heterocycles. The number of nitrogens with two attached hydrogens (primary N) is 3. The number of hydrogen-bond donors (Lipinski definition) is 3. The summed E-state index contributed by atoms with van der Waals surface area (Å²) in [5.41, 5.74) is 17.5. The predicted molar refractivity (Wildman–Crippen MR) is 178 cm³/mol. The summed E-state index contributed by atoms with van der Waals surface area (Å²) in [7, 11) is -11.4. The summed E-state index contributed by atoms with van der Waals surface area (Å²) in [6.07, 6.45) is 3.35. The van der Waals surface area contributed by atoms with Crippen LogP contribution in [-0.4, -0.2) is 27.3 Å². The molecule has 4 rings (SSSR count). The van der Waals surface area contributed by atoms with Gasteiger partial charge in [-0.3, -0.25) is 18.1 Å². The van der Waals surface area contributed by atoms with E-state index in [0.29, 0.717) is 11.1 Å². The average molecular weight is 722 g/mol. The highest BCUT2D eigenvalue weighted by Gasteiger charge is 2.33. The minimum absolute atomic E-state index is 0.0714. The molecule has 0 aliphatic rings. The molecule has 0 fully saturated rings. The predicted octanol–water partition coefficient (Wildman–Crippen LogP) is 6.92. The first-order valence-electron chi connectivity index (χ1n) is 14.0. The van der Waals surface area contributed by atoms with E-state index in [0.717, 1.165) is 0 Å². The fourth-order valence-electron chi connectivity index (χ4n) is 3.77. The third kappa shape index (κ3) is 11.3. The molecule has 3 atom stereocenters.